The van der Waals surface area contributed by atoms with Gasteiger partial charge in [0.25, 0.3) is 5.92 Å². The highest BCUT2D eigenvalue weighted by Gasteiger charge is 2.58. The minimum Gasteiger partial charge on any atom is -0.206 e. The molecule has 0 aliphatic heterocycles. The van der Waals surface area contributed by atoms with Gasteiger partial charge in [0.15, 0.2) is 0 Å². The Labute approximate surface area is 63.9 Å². The van der Waals surface area contributed by atoms with Crippen molar-refractivity contribution in [2.24, 2.45) is 0 Å². The first-order valence-corrected chi connectivity index (χ1v) is 3.50. The van der Waals surface area contributed by atoms with Crippen molar-refractivity contribution in [2.45, 2.75) is 12.3 Å². The summed E-state index contributed by atoms with van der Waals surface area (Å²) in [5.41, 5.74) is 0.678. The third-order valence-electron chi connectivity index (χ3n) is 1.84. The molecule has 2 heteroatoms. The van der Waals surface area contributed by atoms with Crippen molar-refractivity contribution in [1.29, 1.82) is 0 Å². The van der Waals surface area contributed by atoms with E-state index < -0.39 is 5.92 Å². The Kier molecular flexibility index (Phi) is 1.25. The van der Waals surface area contributed by atoms with Gasteiger partial charge in [0.2, 0.25) is 0 Å². The molecule has 0 nitrogen and oxygen atoms in total. The number of alkyl halides is 2. The van der Waals surface area contributed by atoms with E-state index in [1.54, 1.807) is 24.3 Å². The van der Waals surface area contributed by atoms with Gasteiger partial charge in [0.05, 0.1) is 5.92 Å². The SMILES string of the molecule is FC1(F)C[C]1c1ccccc1. The third-order valence-corrected chi connectivity index (χ3v) is 1.84. The lowest BCUT2D eigenvalue weighted by molar-refractivity contribution is 0.129. The van der Waals surface area contributed by atoms with Crippen molar-refractivity contribution in [2.75, 3.05) is 0 Å². The number of hydrogen-bond acceptors (Lipinski definition) is 0. The predicted molar refractivity (Wildman–Crippen MR) is 38.4 cm³/mol. The van der Waals surface area contributed by atoms with Gasteiger partial charge in [-0.2, -0.15) is 0 Å². The van der Waals surface area contributed by atoms with E-state index >= 15 is 0 Å². The molecule has 1 aliphatic carbocycles. The highest BCUT2D eigenvalue weighted by atomic mass is 19.3. The molecule has 0 spiro atoms. The summed E-state index contributed by atoms with van der Waals surface area (Å²) < 4.78 is 24.9. The average molecular weight is 153 g/mol. The predicted octanol–water partition coefficient (Wildman–Crippen LogP) is 2.65. The molecule has 1 aliphatic rings. The van der Waals surface area contributed by atoms with Crippen LogP contribution < -0.4 is 0 Å². The minimum atomic E-state index is -2.51. The maximum absolute atomic E-state index is 12.4. The van der Waals surface area contributed by atoms with Gasteiger partial charge in [-0.1, -0.05) is 30.3 Å². The molecule has 1 saturated carbocycles. The van der Waals surface area contributed by atoms with Crippen LogP contribution in [0.1, 0.15) is 12.0 Å². The van der Waals surface area contributed by atoms with Crippen molar-refractivity contribution in [3.05, 3.63) is 41.8 Å². The number of hydrogen-bond donors (Lipinski definition) is 0. The average Bonchev–Trinajstić information content (AvgIpc) is 2.62. The van der Waals surface area contributed by atoms with Crippen LogP contribution in [-0.2, 0) is 0 Å². The molecule has 0 amide bonds. The lowest BCUT2D eigenvalue weighted by Crippen LogP contribution is -1.92. The standard InChI is InChI=1S/C9H7F2/c10-9(11)6-8(9)7-4-2-1-3-5-7/h1-5H,6H2. The number of rotatable bonds is 1. The van der Waals surface area contributed by atoms with Gasteiger partial charge in [-0.25, -0.2) is 8.78 Å². The van der Waals surface area contributed by atoms with Gasteiger partial charge >= 0.3 is 0 Å². The number of halogens is 2. The molecule has 11 heavy (non-hydrogen) atoms. The van der Waals surface area contributed by atoms with Crippen molar-refractivity contribution in [3.8, 4) is 0 Å². The highest BCUT2D eigenvalue weighted by Crippen LogP contribution is 2.54. The van der Waals surface area contributed by atoms with Crippen LogP contribution in [-0.4, -0.2) is 5.92 Å². The monoisotopic (exact) mass is 153 g/mol. The largest absolute Gasteiger partial charge is 0.260 e. The quantitative estimate of drug-likeness (QED) is 0.581. The zero-order chi connectivity index (χ0) is 7.90. The van der Waals surface area contributed by atoms with Gasteiger partial charge in [0.1, 0.15) is 0 Å². The molecule has 0 atom stereocenters. The molecule has 0 unspecified atom stereocenters. The van der Waals surface area contributed by atoms with Gasteiger partial charge in [-0.15, -0.1) is 0 Å². The minimum absolute atomic E-state index is 0.0585. The molecule has 0 N–H and O–H groups in total. The summed E-state index contributed by atoms with van der Waals surface area (Å²) in [7, 11) is 0. The Balaban J connectivity index is 2.21. The molecule has 1 aromatic rings. The molecule has 1 radical (unpaired) electrons. The fourth-order valence-corrected chi connectivity index (χ4v) is 1.13. The van der Waals surface area contributed by atoms with Crippen LogP contribution in [0.5, 0.6) is 0 Å². The van der Waals surface area contributed by atoms with E-state index in [4.69, 9.17) is 0 Å². The summed E-state index contributed by atoms with van der Waals surface area (Å²) in [6.07, 6.45) is -0.0585. The van der Waals surface area contributed by atoms with Gasteiger partial charge < -0.3 is 0 Å². The van der Waals surface area contributed by atoms with E-state index in [0.717, 1.165) is 0 Å². The van der Waals surface area contributed by atoms with Crippen molar-refractivity contribution < 1.29 is 8.78 Å². The van der Waals surface area contributed by atoms with Crippen LogP contribution in [0, 0.1) is 5.92 Å². The molecule has 0 saturated heterocycles. The normalized spacial score (nSPS) is 21.6. The summed E-state index contributed by atoms with van der Waals surface area (Å²) in [6, 6.07) is 8.81. The van der Waals surface area contributed by atoms with E-state index in [2.05, 4.69) is 0 Å². The van der Waals surface area contributed by atoms with Gasteiger partial charge in [-0.05, 0) is 5.56 Å². The van der Waals surface area contributed by atoms with Gasteiger partial charge in [-0.3, -0.25) is 0 Å². The maximum Gasteiger partial charge on any atom is 0.260 e. The Morgan fingerprint density at radius 2 is 1.64 bits per heavy atom. The molecular formula is C9H7F2. The topological polar surface area (TPSA) is 0 Å². The van der Waals surface area contributed by atoms with Crippen LogP contribution in [0.2, 0.25) is 0 Å². The molecular weight excluding hydrogens is 146 g/mol. The summed E-state index contributed by atoms with van der Waals surface area (Å²) >= 11 is 0. The lowest BCUT2D eigenvalue weighted by Gasteiger charge is -1.95. The van der Waals surface area contributed by atoms with E-state index in [9.17, 15) is 8.78 Å². The summed E-state index contributed by atoms with van der Waals surface area (Å²) in [6.45, 7) is 0. The van der Waals surface area contributed by atoms with E-state index in [0.29, 0.717) is 5.56 Å². The Morgan fingerprint density at radius 1 is 1.09 bits per heavy atom. The van der Waals surface area contributed by atoms with Crippen LogP contribution in [0.25, 0.3) is 0 Å². The summed E-state index contributed by atoms with van der Waals surface area (Å²) in [4.78, 5) is 0. The summed E-state index contributed by atoms with van der Waals surface area (Å²) in [5.74, 6) is -2.24. The molecule has 1 fully saturated rings. The van der Waals surface area contributed by atoms with Crippen molar-refractivity contribution in [3.63, 3.8) is 0 Å². The van der Waals surface area contributed by atoms with Crippen LogP contribution in [0.4, 0.5) is 8.78 Å². The molecule has 0 aromatic heterocycles. The Bertz CT molecular complexity index is 254. The zero-order valence-electron chi connectivity index (χ0n) is 5.85. The zero-order valence-corrected chi connectivity index (χ0v) is 5.85. The molecule has 0 bridgehead atoms. The van der Waals surface area contributed by atoms with Crippen molar-refractivity contribution >= 4 is 0 Å². The maximum atomic E-state index is 12.4. The highest BCUT2D eigenvalue weighted by molar-refractivity contribution is 5.44. The second kappa shape index (κ2) is 2.03. The second-order valence-electron chi connectivity index (χ2n) is 2.73. The molecule has 2 rings (SSSR count). The first-order valence-electron chi connectivity index (χ1n) is 3.50. The van der Waals surface area contributed by atoms with Crippen molar-refractivity contribution in [1.82, 2.24) is 0 Å². The fraction of sp³-hybridized carbons (Fsp3) is 0.222. The fourth-order valence-electron chi connectivity index (χ4n) is 1.13. The van der Waals surface area contributed by atoms with Crippen LogP contribution in [0.15, 0.2) is 30.3 Å². The second-order valence-corrected chi connectivity index (χ2v) is 2.73. The third kappa shape index (κ3) is 1.13. The smallest absolute Gasteiger partial charge is 0.206 e. The summed E-state index contributed by atoms with van der Waals surface area (Å²) in [5, 5.41) is 0. The van der Waals surface area contributed by atoms with E-state index in [1.165, 1.54) is 0 Å². The lowest BCUT2D eigenvalue weighted by atomic mass is 10.1. The van der Waals surface area contributed by atoms with E-state index in [-0.39, 0.29) is 12.3 Å². The molecule has 0 heterocycles. The first-order chi connectivity index (χ1) is 5.20. The Hall–Kier alpha value is -0.920. The molecule has 1 aromatic carbocycles. The molecule has 57 valence electrons. The number of benzene rings is 1. The van der Waals surface area contributed by atoms with Crippen LogP contribution >= 0.6 is 0 Å². The van der Waals surface area contributed by atoms with E-state index in [1.807, 2.05) is 6.07 Å². The Morgan fingerprint density at radius 3 is 2.09 bits per heavy atom. The van der Waals surface area contributed by atoms with Gasteiger partial charge in [0, 0.05) is 6.42 Å². The van der Waals surface area contributed by atoms with Crippen LogP contribution in [0.3, 0.4) is 0 Å². The first kappa shape index (κ1) is 6.77.